The van der Waals surface area contributed by atoms with Crippen LogP contribution in [0.25, 0.3) is 0 Å². The second kappa shape index (κ2) is 8.09. The van der Waals surface area contributed by atoms with Gasteiger partial charge in [-0.1, -0.05) is 25.4 Å². The van der Waals surface area contributed by atoms with E-state index in [4.69, 9.17) is 16.3 Å². The van der Waals surface area contributed by atoms with Crippen LogP contribution >= 0.6 is 11.6 Å². The van der Waals surface area contributed by atoms with Gasteiger partial charge in [-0.25, -0.2) is 4.98 Å². The van der Waals surface area contributed by atoms with Crippen LogP contribution in [0.5, 0.6) is 0 Å². The van der Waals surface area contributed by atoms with Crippen molar-refractivity contribution in [3.8, 4) is 0 Å². The predicted octanol–water partition coefficient (Wildman–Crippen LogP) is 3.83. The van der Waals surface area contributed by atoms with E-state index in [2.05, 4.69) is 9.88 Å². The van der Waals surface area contributed by atoms with Crippen molar-refractivity contribution in [2.24, 2.45) is 0 Å². The van der Waals surface area contributed by atoms with Crippen LogP contribution in [0.2, 0.25) is 5.15 Å². The van der Waals surface area contributed by atoms with Gasteiger partial charge in [0.2, 0.25) is 0 Å². The van der Waals surface area contributed by atoms with Gasteiger partial charge in [0.15, 0.2) is 5.78 Å². The van der Waals surface area contributed by atoms with Crippen LogP contribution < -0.4 is 4.90 Å². The van der Waals surface area contributed by atoms with Gasteiger partial charge in [0.1, 0.15) is 5.15 Å². The lowest BCUT2D eigenvalue weighted by atomic mass is 10.0. The highest BCUT2D eigenvalue weighted by molar-refractivity contribution is 6.30. The van der Waals surface area contributed by atoms with Gasteiger partial charge in [-0.05, 0) is 36.4 Å². The van der Waals surface area contributed by atoms with E-state index in [9.17, 15) is 4.79 Å². The number of carbonyl (C=O) groups is 1. The lowest BCUT2D eigenvalue weighted by Crippen LogP contribution is -2.51. The topological polar surface area (TPSA) is 42.4 Å². The molecule has 122 valence electrons. The third-order valence-electron chi connectivity index (χ3n) is 3.66. The number of ether oxygens (including phenoxy) is 1. The molecule has 1 fully saturated rings. The summed E-state index contributed by atoms with van der Waals surface area (Å²) in [5, 5.41) is 0.323. The Morgan fingerprint density at radius 2 is 1.83 bits per heavy atom. The number of ketones is 1. The zero-order valence-electron chi connectivity index (χ0n) is 13.6. The molecule has 2 heterocycles. The molecule has 5 heteroatoms. The SMILES string of the molecule is CC.COC1CN(c2ccc(C(=O)c3ccnc(Cl)c3)cc2)C1. The summed E-state index contributed by atoms with van der Waals surface area (Å²) in [5.74, 6) is -0.0516. The maximum Gasteiger partial charge on any atom is 0.193 e. The van der Waals surface area contributed by atoms with Crippen molar-refractivity contribution in [1.29, 1.82) is 0 Å². The number of carbonyl (C=O) groups excluding carboxylic acids is 1. The molecule has 4 nitrogen and oxygen atoms in total. The molecule has 0 amide bonds. The first-order valence-electron chi connectivity index (χ1n) is 7.71. The second-order valence-electron chi connectivity index (χ2n) is 5.01. The van der Waals surface area contributed by atoms with Crippen LogP contribution in [0.15, 0.2) is 42.6 Å². The van der Waals surface area contributed by atoms with Gasteiger partial charge in [0.05, 0.1) is 6.10 Å². The molecule has 0 saturated carbocycles. The Labute approximate surface area is 142 Å². The van der Waals surface area contributed by atoms with Gasteiger partial charge >= 0.3 is 0 Å². The fourth-order valence-electron chi connectivity index (χ4n) is 2.33. The van der Waals surface area contributed by atoms with Crippen LogP contribution in [0.1, 0.15) is 29.8 Å². The molecular weight excluding hydrogens is 312 g/mol. The average Bonchev–Trinajstić information content (AvgIpc) is 2.56. The van der Waals surface area contributed by atoms with Crippen molar-refractivity contribution < 1.29 is 9.53 Å². The Bertz CT molecular complexity index is 652. The molecule has 0 N–H and O–H groups in total. The summed E-state index contributed by atoms with van der Waals surface area (Å²) in [6, 6.07) is 10.8. The summed E-state index contributed by atoms with van der Waals surface area (Å²) in [4.78, 5) is 18.4. The first-order chi connectivity index (χ1) is 11.2. The summed E-state index contributed by atoms with van der Waals surface area (Å²) >= 11 is 5.82. The number of nitrogens with zero attached hydrogens (tertiary/aromatic N) is 2. The van der Waals surface area contributed by atoms with Gasteiger partial charge in [-0.15, -0.1) is 0 Å². The molecule has 0 unspecified atom stereocenters. The van der Waals surface area contributed by atoms with E-state index in [1.54, 1.807) is 19.2 Å². The summed E-state index contributed by atoms with van der Waals surface area (Å²) in [6.45, 7) is 5.79. The molecule has 0 atom stereocenters. The first-order valence-corrected chi connectivity index (χ1v) is 8.09. The average molecular weight is 333 g/mol. The number of benzene rings is 1. The molecule has 23 heavy (non-hydrogen) atoms. The van der Waals surface area contributed by atoms with Crippen molar-refractivity contribution in [3.63, 3.8) is 0 Å². The van der Waals surface area contributed by atoms with Crippen molar-refractivity contribution in [1.82, 2.24) is 4.98 Å². The Morgan fingerprint density at radius 3 is 2.39 bits per heavy atom. The van der Waals surface area contributed by atoms with Crippen LogP contribution in [0, 0.1) is 0 Å². The van der Waals surface area contributed by atoms with E-state index in [1.165, 1.54) is 6.20 Å². The van der Waals surface area contributed by atoms with Crippen LogP contribution in [-0.4, -0.2) is 37.1 Å². The maximum atomic E-state index is 12.3. The zero-order chi connectivity index (χ0) is 16.8. The van der Waals surface area contributed by atoms with Gasteiger partial charge < -0.3 is 9.64 Å². The van der Waals surface area contributed by atoms with E-state index >= 15 is 0 Å². The van der Waals surface area contributed by atoms with Crippen molar-refractivity contribution >= 4 is 23.1 Å². The molecule has 0 radical (unpaired) electrons. The highest BCUT2D eigenvalue weighted by atomic mass is 35.5. The van der Waals surface area contributed by atoms with Gasteiger partial charge in [0, 0.05) is 43.2 Å². The van der Waals surface area contributed by atoms with E-state index in [-0.39, 0.29) is 5.78 Å². The Kier molecular flexibility index (Phi) is 6.13. The van der Waals surface area contributed by atoms with Crippen molar-refractivity contribution in [2.75, 3.05) is 25.1 Å². The summed E-state index contributed by atoms with van der Waals surface area (Å²) < 4.78 is 5.25. The van der Waals surface area contributed by atoms with E-state index < -0.39 is 0 Å². The molecule has 0 spiro atoms. The first kappa shape index (κ1) is 17.4. The second-order valence-corrected chi connectivity index (χ2v) is 5.39. The van der Waals surface area contributed by atoms with Crippen LogP contribution in [0.3, 0.4) is 0 Å². The monoisotopic (exact) mass is 332 g/mol. The smallest absolute Gasteiger partial charge is 0.193 e. The Balaban J connectivity index is 0.000000924. The lowest BCUT2D eigenvalue weighted by Gasteiger charge is -2.40. The minimum Gasteiger partial charge on any atom is -0.378 e. The van der Waals surface area contributed by atoms with E-state index in [0.29, 0.717) is 22.4 Å². The standard InChI is InChI=1S/C16H15ClN2O2.C2H6/c1-21-14-9-19(10-14)13-4-2-11(3-5-13)16(20)12-6-7-18-15(17)8-12;1-2/h2-8,14H,9-10H2,1H3;1-2H3. The normalized spacial score (nSPS) is 13.8. The highest BCUT2D eigenvalue weighted by Gasteiger charge is 2.26. The molecule has 2 aromatic rings. The van der Waals surface area contributed by atoms with Crippen molar-refractivity contribution in [3.05, 3.63) is 58.9 Å². The number of methoxy groups -OCH3 is 1. The number of hydrogen-bond acceptors (Lipinski definition) is 4. The minimum absolute atomic E-state index is 0.0516. The van der Waals surface area contributed by atoms with Gasteiger partial charge in [0.25, 0.3) is 0 Å². The molecular formula is C18H21ClN2O2. The number of hydrogen-bond donors (Lipinski definition) is 0. The summed E-state index contributed by atoms with van der Waals surface area (Å²) in [6.07, 6.45) is 1.85. The minimum atomic E-state index is -0.0516. The molecule has 0 bridgehead atoms. The van der Waals surface area contributed by atoms with E-state index in [1.807, 2.05) is 38.1 Å². The summed E-state index contributed by atoms with van der Waals surface area (Å²) in [7, 11) is 1.73. The number of halogens is 1. The predicted molar refractivity (Wildman–Crippen MR) is 93.5 cm³/mol. The summed E-state index contributed by atoms with van der Waals surface area (Å²) in [5.41, 5.74) is 2.29. The third-order valence-corrected chi connectivity index (χ3v) is 3.87. The number of rotatable bonds is 4. The molecule has 1 aromatic carbocycles. The molecule has 1 saturated heterocycles. The third kappa shape index (κ3) is 4.09. The largest absolute Gasteiger partial charge is 0.378 e. The number of anilines is 1. The zero-order valence-corrected chi connectivity index (χ0v) is 14.4. The van der Waals surface area contributed by atoms with Gasteiger partial charge in [-0.2, -0.15) is 0 Å². The fraction of sp³-hybridized carbons (Fsp3) is 0.333. The van der Waals surface area contributed by atoms with Gasteiger partial charge in [-0.3, -0.25) is 4.79 Å². The molecule has 1 aromatic heterocycles. The quantitative estimate of drug-likeness (QED) is 0.630. The lowest BCUT2D eigenvalue weighted by molar-refractivity contribution is 0.0787. The molecule has 0 aliphatic carbocycles. The highest BCUT2D eigenvalue weighted by Crippen LogP contribution is 2.23. The van der Waals surface area contributed by atoms with Crippen LogP contribution in [0.4, 0.5) is 5.69 Å². The van der Waals surface area contributed by atoms with E-state index in [0.717, 1.165) is 18.8 Å². The number of pyridine rings is 1. The maximum absolute atomic E-state index is 12.3. The fourth-order valence-corrected chi connectivity index (χ4v) is 2.51. The Hall–Kier alpha value is -1.91. The van der Waals surface area contributed by atoms with Crippen LogP contribution in [-0.2, 0) is 4.74 Å². The number of aromatic nitrogens is 1. The molecule has 1 aliphatic rings. The molecule has 3 rings (SSSR count). The molecule has 1 aliphatic heterocycles. The van der Waals surface area contributed by atoms with Crippen molar-refractivity contribution in [2.45, 2.75) is 20.0 Å². The Morgan fingerprint density at radius 1 is 1.17 bits per heavy atom.